The molecule has 0 saturated carbocycles. The Morgan fingerprint density at radius 3 is 0.961 bits per heavy atom. The Bertz CT molecular complexity index is 2460. The van der Waals surface area contributed by atoms with Crippen LogP contribution in [0.5, 0.6) is 0 Å². The minimum atomic E-state index is 0.104. The van der Waals surface area contributed by atoms with Gasteiger partial charge in [0.25, 0.3) is 0 Å². The zero-order chi connectivity index (χ0) is 59.1. The smallest absolute Gasteiger partial charge is 0.0420 e. The van der Waals surface area contributed by atoms with Crippen LogP contribution in [0.1, 0.15) is 112 Å². The Morgan fingerprint density at radius 1 is 0.316 bits per heavy atom. The molecule has 0 aromatic heterocycles. The average molecular weight is 1070 g/mol. The van der Waals surface area contributed by atoms with E-state index in [2.05, 4.69) is 360 Å². The van der Waals surface area contributed by atoms with E-state index >= 15 is 0 Å². The fourth-order valence-electron chi connectivity index (χ4n) is 8.18. The first kappa shape index (κ1) is 71.2. The first-order valence-electron chi connectivity index (χ1n) is 27.0. The van der Waals surface area contributed by atoms with Crippen LogP contribution >= 0.6 is 15.8 Å². The highest BCUT2D eigenvalue weighted by Crippen LogP contribution is 2.33. The van der Waals surface area contributed by atoms with E-state index in [0.717, 1.165) is 0 Å². The maximum atomic E-state index is 2.35. The van der Waals surface area contributed by atoms with Crippen molar-refractivity contribution in [2.75, 3.05) is 128 Å². The van der Waals surface area contributed by atoms with Crippen molar-refractivity contribution in [1.82, 2.24) is 0 Å². The number of anilines is 5. The highest BCUT2D eigenvalue weighted by Gasteiger charge is 2.21. The third-order valence-corrected chi connectivity index (χ3v) is 13.6. The highest BCUT2D eigenvalue weighted by molar-refractivity contribution is 7.64. The lowest BCUT2D eigenvalue weighted by Crippen LogP contribution is -2.19. The number of hydrogen-bond acceptors (Lipinski definition) is 5. The van der Waals surface area contributed by atoms with Gasteiger partial charge in [0.05, 0.1) is 0 Å². The molecule has 0 radical (unpaired) electrons. The van der Waals surface area contributed by atoms with Gasteiger partial charge in [0.2, 0.25) is 0 Å². The third-order valence-electron chi connectivity index (χ3n) is 12.3. The predicted molar refractivity (Wildman–Crippen MR) is 358 cm³/mol. The number of para-hydroxylation sites is 2. The molecule has 0 heterocycles. The molecule has 0 atom stereocenters. The first-order chi connectivity index (χ1) is 34.8. The van der Waals surface area contributed by atoms with Crippen LogP contribution in [0.4, 0.5) is 28.4 Å². The van der Waals surface area contributed by atoms with Crippen molar-refractivity contribution in [2.24, 2.45) is 0 Å². The van der Waals surface area contributed by atoms with E-state index in [0.29, 0.717) is 7.92 Å². The van der Waals surface area contributed by atoms with Crippen LogP contribution < -0.4 is 29.8 Å². The highest BCUT2D eigenvalue weighted by atomic mass is 31.1. The van der Waals surface area contributed by atoms with E-state index in [1.54, 1.807) is 0 Å². The lowest BCUT2D eigenvalue weighted by molar-refractivity contribution is 0.568. The molecule has 0 amide bonds. The lowest BCUT2D eigenvalue weighted by Gasteiger charge is -2.27. The van der Waals surface area contributed by atoms with Crippen molar-refractivity contribution in [2.45, 2.75) is 120 Å². The summed E-state index contributed by atoms with van der Waals surface area (Å²) in [5, 5.41) is 1.48. The van der Waals surface area contributed by atoms with Crippen molar-refractivity contribution in [3.8, 4) is 0 Å². The van der Waals surface area contributed by atoms with Crippen LogP contribution in [-0.2, 0) is 16.2 Å². The lowest BCUT2D eigenvalue weighted by atomic mass is 9.80. The van der Waals surface area contributed by atoms with Gasteiger partial charge in [-0.05, 0) is 171 Å². The number of benzene rings is 6. The van der Waals surface area contributed by atoms with E-state index in [4.69, 9.17) is 0 Å². The largest absolute Gasteiger partial charge is 0.378 e. The molecule has 6 aromatic rings. The van der Waals surface area contributed by atoms with Crippen molar-refractivity contribution in [3.63, 3.8) is 0 Å². The van der Waals surface area contributed by atoms with Crippen LogP contribution in [0, 0.1) is 41.5 Å². The Kier molecular flexibility index (Phi) is 31.3. The maximum Gasteiger partial charge on any atom is 0.0420 e. The maximum absolute atomic E-state index is 2.35. The summed E-state index contributed by atoms with van der Waals surface area (Å²) >= 11 is 0. The van der Waals surface area contributed by atoms with Crippen LogP contribution in [0.25, 0.3) is 0 Å². The summed E-state index contributed by atoms with van der Waals surface area (Å²) in [6.45, 7) is 44.4. The molecule has 6 aromatic carbocycles. The zero-order valence-corrected chi connectivity index (χ0v) is 56.0. The van der Waals surface area contributed by atoms with Crippen molar-refractivity contribution < 1.29 is 0 Å². The summed E-state index contributed by atoms with van der Waals surface area (Å²) < 4.78 is 0. The van der Waals surface area contributed by atoms with Gasteiger partial charge < -0.3 is 24.5 Å². The summed E-state index contributed by atoms with van der Waals surface area (Å²) in [5.41, 5.74) is 19.5. The first-order valence-corrected chi connectivity index (χ1v) is 31.9. The standard InChI is InChI=1S/C16H27N.C12H19N.C11H17N.C10H15N.C9H13N.C8H11P.C3H9P/c1-15(2,3)12-9-13(16(4,5)6)11-14(10-12)17(7)8;1-12(2,3)10-6-8-11(9-7-10)13(4)5;1-8-6-9(2)11(12(4)5)10(3)7-8;1-8-6-5-7-9(2)10(8)11(3)4;1-8-6-4-5-7-9(8)10(2)3;1-9(2)8-6-4-3-5-7-8;1-4(2)3/h9-11H,1-8H3;6-9H,1-5H3;6-7H,1-5H3;5-7H,1-4H3;4-7H,1-3H3;3-7H,1-2H3;1-3H3. The monoisotopic (exact) mass is 1070 g/mol. The zero-order valence-electron chi connectivity index (χ0n) is 54.3. The molecule has 0 N–H and O–H groups in total. The summed E-state index contributed by atoms with van der Waals surface area (Å²) in [7, 11) is 21.3. The van der Waals surface area contributed by atoms with Crippen LogP contribution in [0.2, 0.25) is 0 Å². The summed E-state index contributed by atoms with van der Waals surface area (Å²) in [5.74, 6) is 0. The quantitative estimate of drug-likeness (QED) is 0.154. The second-order valence-electron chi connectivity index (χ2n) is 24.9. The van der Waals surface area contributed by atoms with Gasteiger partial charge in [-0.1, -0.05) is 173 Å². The number of nitrogens with zero attached hydrogens (tertiary/aromatic N) is 5. The molecular weight excluding hydrogens is 961 g/mol. The minimum absolute atomic E-state index is 0.104. The van der Waals surface area contributed by atoms with E-state index in [1.807, 2.05) is 0 Å². The van der Waals surface area contributed by atoms with E-state index in [9.17, 15) is 0 Å². The number of aryl methyl sites for hydroxylation is 6. The Balaban J connectivity index is 0.000000884. The molecule has 0 unspecified atom stereocenters. The van der Waals surface area contributed by atoms with E-state index < -0.39 is 0 Å². The van der Waals surface area contributed by atoms with E-state index in [-0.39, 0.29) is 24.2 Å². The summed E-state index contributed by atoms with van der Waals surface area (Å²) in [6.07, 6.45) is 0. The second kappa shape index (κ2) is 33.5. The average Bonchev–Trinajstić information content (AvgIpc) is 3.28. The van der Waals surface area contributed by atoms with Gasteiger partial charge in [-0.25, -0.2) is 0 Å². The van der Waals surface area contributed by atoms with Gasteiger partial charge in [0.15, 0.2) is 0 Å². The van der Waals surface area contributed by atoms with Crippen molar-refractivity contribution in [3.05, 3.63) is 177 Å². The van der Waals surface area contributed by atoms with Gasteiger partial charge in [-0.3, -0.25) is 0 Å². The number of hydrogen-bond donors (Lipinski definition) is 0. The Hall–Kier alpha value is -4.82. The molecule has 5 nitrogen and oxygen atoms in total. The number of rotatable bonds is 6. The van der Waals surface area contributed by atoms with E-state index in [1.165, 1.54) is 83.8 Å². The fourth-order valence-corrected chi connectivity index (χ4v) is 8.94. The topological polar surface area (TPSA) is 16.2 Å². The molecule has 6 rings (SSSR count). The van der Waals surface area contributed by atoms with Crippen molar-refractivity contribution in [1.29, 1.82) is 0 Å². The Labute approximate surface area is 473 Å². The Morgan fingerprint density at radius 2 is 0.671 bits per heavy atom. The molecule has 0 fully saturated rings. The molecule has 0 aliphatic rings. The van der Waals surface area contributed by atoms with Gasteiger partial charge in [0.1, 0.15) is 0 Å². The molecule has 0 saturated heterocycles. The molecule has 7 heteroatoms. The van der Waals surface area contributed by atoms with Gasteiger partial charge >= 0.3 is 0 Å². The van der Waals surface area contributed by atoms with Crippen LogP contribution in [0.15, 0.2) is 127 Å². The van der Waals surface area contributed by atoms with Crippen LogP contribution in [0.3, 0.4) is 0 Å². The molecule has 0 aliphatic carbocycles. The molecule has 0 aliphatic heterocycles. The normalized spacial score (nSPS) is 10.7. The second-order valence-corrected chi connectivity index (χ2v) is 29.9. The molecule has 0 spiro atoms. The fraction of sp³-hybridized carbons (Fsp3) is 0.478. The van der Waals surface area contributed by atoms with Gasteiger partial charge in [0, 0.05) is 98.9 Å². The molecule has 0 bridgehead atoms. The molecular formula is C69H111N5P2. The van der Waals surface area contributed by atoms with Crippen LogP contribution in [-0.4, -0.2) is 104 Å². The predicted octanol–water partition coefficient (Wildman–Crippen LogP) is 17.9. The summed E-state index contributed by atoms with van der Waals surface area (Å²) in [4.78, 5) is 10.8. The SMILES string of the molecule is CN(C)c1cc(C(C)(C)C)cc(C(C)(C)C)c1.CN(C)c1ccc(C(C)(C)C)cc1.CP(C)C.CP(C)c1ccccc1.Cc1cc(C)c(N(C)C)c(C)c1.Cc1cccc(C)c1N(C)C.Cc1ccccc1N(C)C. The summed E-state index contributed by atoms with van der Waals surface area (Å²) in [6, 6.07) is 45.5. The third kappa shape index (κ3) is 27.5. The van der Waals surface area contributed by atoms with Crippen molar-refractivity contribution >= 4 is 49.6 Å². The minimum Gasteiger partial charge on any atom is -0.378 e. The molecule has 422 valence electrons. The van der Waals surface area contributed by atoms with Gasteiger partial charge in [-0.2, -0.15) is 0 Å². The van der Waals surface area contributed by atoms with Gasteiger partial charge in [-0.15, -0.1) is 7.92 Å². The molecule has 76 heavy (non-hydrogen) atoms.